The van der Waals surface area contributed by atoms with E-state index in [0.717, 1.165) is 12.1 Å². The third-order valence-corrected chi connectivity index (χ3v) is 2.57. The van der Waals surface area contributed by atoms with E-state index in [2.05, 4.69) is 5.32 Å². The quantitative estimate of drug-likeness (QED) is 0.308. The van der Waals surface area contributed by atoms with Crippen molar-refractivity contribution in [2.75, 3.05) is 11.9 Å². The molecule has 1 amide bonds. The van der Waals surface area contributed by atoms with Crippen molar-refractivity contribution in [1.82, 2.24) is 5.43 Å². The van der Waals surface area contributed by atoms with Crippen LogP contribution in [-0.4, -0.2) is 22.3 Å². The minimum Gasteiger partial charge on any atom is -0.374 e. The van der Waals surface area contributed by atoms with Gasteiger partial charge in [-0.05, 0) is 5.92 Å². The molecule has 21 heavy (non-hydrogen) atoms. The first-order valence-electron chi connectivity index (χ1n) is 5.99. The lowest BCUT2D eigenvalue weighted by molar-refractivity contribution is -0.392. The number of nitrogens with two attached hydrogens (primary N) is 1. The number of benzene rings is 1. The lowest BCUT2D eigenvalue weighted by Gasteiger charge is -2.11. The Morgan fingerprint density at radius 1 is 1.24 bits per heavy atom. The predicted molar refractivity (Wildman–Crippen MR) is 74.7 cm³/mol. The molecule has 1 aromatic rings. The molecule has 0 heterocycles. The van der Waals surface area contributed by atoms with Gasteiger partial charge in [0.15, 0.2) is 5.69 Å². The Hall–Kier alpha value is -2.75. The molecule has 0 saturated carbocycles. The Bertz CT molecular complexity index is 551. The summed E-state index contributed by atoms with van der Waals surface area (Å²) in [7, 11) is 0. The normalized spacial score (nSPS) is 10.3. The molecule has 0 aliphatic carbocycles. The fraction of sp³-hybridized carbons (Fsp3) is 0.364. The Morgan fingerprint density at radius 3 is 2.05 bits per heavy atom. The largest absolute Gasteiger partial charge is 0.374 e. The summed E-state index contributed by atoms with van der Waals surface area (Å²) in [5.41, 5.74) is 0.186. The summed E-state index contributed by atoms with van der Waals surface area (Å²) in [6.45, 7) is 4.01. The molecule has 0 bridgehead atoms. The smallest absolute Gasteiger partial charge is 0.300 e. The van der Waals surface area contributed by atoms with Crippen molar-refractivity contribution in [3.8, 4) is 0 Å². The summed E-state index contributed by atoms with van der Waals surface area (Å²) in [5.74, 6) is 4.21. The number of hydrazine groups is 1. The van der Waals surface area contributed by atoms with Crippen LogP contribution >= 0.6 is 0 Å². The summed E-state index contributed by atoms with van der Waals surface area (Å²) in [6, 6.07) is 1.88. The average molecular weight is 297 g/mol. The van der Waals surface area contributed by atoms with Crippen LogP contribution in [0.25, 0.3) is 0 Å². The van der Waals surface area contributed by atoms with Crippen LogP contribution in [0.15, 0.2) is 12.1 Å². The van der Waals surface area contributed by atoms with Gasteiger partial charge in [-0.3, -0.25) is 30.4 Å². The minimum absolute atomic E-state index is 0.122. The van der Waals surface area contributed by atoms with Crippen LogP contribution in [0.4, 0.5) is 17.1 Å². The fourth-order valence-electron chi connectivity index (χ4n) is 1.60. The van der Waals surface area contributed by atoms with E-state index in [9.17, 15) is 25.0 Å². The van der Waals surface area contributed by atoms with Gasteiger partial charge in [0.1, 0.15) is 0 Å². The molecule has 1 aromatic carbocycles. The van der Waals surface area contributed by atoms with Crippen LogP contribution < -0.4 is 16.6 Å². The second kappa shape index (κ2) is 6.61. The van der Waals surface area contributed by atoms with E-state index in [0.29, 0.717) is 6.54 Å². The molecule has 1 rings (SSSR count). The summed E-state index contributed by atoms with van der Waals surface area (Å²) in [6.07, 6.45) is 0. The molecule has 0 aromatic heterocycles. The van der Waals surface area contributed by atoms with Crippen LogP contribution in [0, 0.1) is 26.1 Å². The van der Waals surface area contributed by atoms with Crippen LogP contribution in [0.1, 0.15) is 24.2 Å². The molecular weight excluding hydrogens is 282 g/mol. The number of carbonyl (C=O) groups excluding carboxylic acids is 1. The third kappa shape index (κ3) is 3.86. The van der Waals surface area contributed by atoms with E-state index < -0.39 is 27.1 Å². The SMILES string of the molecule is CC(C)CNc1c([N+](=O)[O-])cc(C(=O)NN)cc1[N+](=O)[O-]. The predicted octanol–water partition coefficient (Wildman–Crippen LogP) is 1.17. The summed E-state index contributed by atoms with van der Waals surface area (Å²) < 4.78 is 0. The highest BCUT2D eigenvalue weighted by molar-refractivity contribution is 5.97. The average Bonchev–Trinajstić information content (AvgIpc) is 2.42. The first-order chi connectivity index (χ1) is 9.77. The molecule has 0 saturated heterocycles. The highest BCUT2D eigenvalue weighted by Gasteiger charge is 2.28. The second-order valence-corrected chi connectivity index (χ2v) is 4.65. The first kappa shape index (κ1) is 16.3. The standard InChI is InChI=1S/C11H15N5O5/c1-6(2)5-13-10-8(15(18)19)3-7(11(17)14-12)4-9(10)16(20)21/h3-4,6,13H,5,12H2,1-2H3,(H,14,17). The number of hydrogen-bond acceptors (Lipinski definition) is 7. The highest BCUT2D eigenvalue weighted by Crippen LogP contribution is 2.35. The van der Waals surface area contributed by atoms with Gasteiger partial charge < -0.3 is 5.32 Å². The van der Waals surface area contributed by atoms with E-state index in [1.165, 1.54) is 0 Å². The molecular formula is C11H15N5O5. The number of hydrogen-bond donors (Lipinski definition) is 3. The second-order valence-electron chi connectivity index (χ2n) is 4.65. The maximum Gasteiger partial charge on any atom is 0.300 e. The molecule has 0 aliphatic heterocycles. The molecule has 0 fully saturated rings. The fourth-order valence-corrected chi connectivity index (χ4v) is 1.60. The lowest BCUT2D eigenvalue weighted by Crippen LogP contribution is -2.30. The van der Waals surface area contributed by atoms with E-state index >= 15 is 0 Å². The van der Waals surface area contributed by atoms with Crippen LogP contribution in [0.5, 0.6) is 0 Å². The Balaban J connectivity index is 3.47. The highest BCUT2D eigenvalue weighted by atomic mass is 16.6. The van der Waals surface area contributed by atoms with E-state index in [4.69, 9.17) is 5.84 Å². The number of anilines is 1. The van der Waals surface area contributed by atoms with Gasteiger partial charge in [0.25, 0.3) is 17.3 Å². The van der Waals surface area contributed by atoms with E-state index in [1.807, 2.05) is 13.8 Å². The molecule has 0 atom stereocenters. The zero-order valence-corrected chi connectivity index (χ0v) is 11.5. The van der Waals surface area contributed by atoms with Crippen LogP contribution in [-0.2, 0) is 0 Å². The Morgan fingerprint density at radius 2 is 1.71 bits per heavy atom. The number of nitro groups is 2. The maximum atomic E-state index is 11.4. The molecule has 0 radical (unpaired) electrons. The van der Waals surface area contributed by atoms with Crippen molar-refractivity contribution in [2.45, 2.75) is 13.8 Å². The lowest BCUT2D eigenvalue weighted by atomic mass is 10.1. The summed E-state index contributed by atoms with van der Waals surface area (Å²) in [4.78, 5) is 32.0. The topological polar surface area (TPSA) is 153 Å². The number of nitrogen functional groups attached to an aromatic ring is 1. The number of nitrogens with zero attached hydrogens (tertiary/aromatic N) is 2. The minimum atomic E-state index is -0.850. The third-order valence-electron chi connectivity index (χ3n) is 2.57. The number of nitro benzene ring substituents is 2. The first-order valence-corrected chi connectivity index (χ1v) is 5.99. The maximum absolute atomic E-state index is 11.4. The van der Waals surface area contributed by atoms with Crippen molar-refractivity contribution in [3.63, 3.8) is 0 Å². The zero-order valence-electron chi connectivity index (χ0n) is 11.5. The molecule has 114 valence electrons. The van der Waals surface area contributed by atoms with Crippen molar-refractivity contribution in [3.05, 3.63) is 37.9 Å². The summed E-state index contributed by atoms with van der Waals surface area (Å²) in [5, 5.41) is 24.9. The van der Waals surface area contributed by atoms with E-state index in [-0.39, 0.29) is 17.2 Å². The van der Waals surface area contributed by atoms with Crippen molar-refractivity contribution in [2.24, 2.45) is 11.8 Å². The number of rotatable bonds is 6. The zero-order chi connectivity index (χ0) is 16.2. The van der Waals surface area contributed by atoms with Gasteiger partial charge in [-0.1, -0.05) is 13.8 Å². The number of carbonyl (C=O) groups is 1. The Labute approximate surface area is 119 Å². The van der Waals surface area contributed by atoms with Gasteiger partial charge in [-0.2, -0.15) is 0 Å². The molecule has 0 spiro atoms. The van der Waals surface area contributed by atoms with Crippen LogP contribution in [0.2, 0.25) is 0 Å². The monoisotopic (exact) mass is 297 g/mol. The van der Waals surface area contributed by atoms with Crippen LogP contribution in [0.3, 0.4) is 0 Å². The van der Waals surface area contributed by atoms with E-state index in [1.54, 1.807) is 5.43 Å². The van der Waals surface area contributed by atoms with Gasteiger partial charge in [-0.15, -0.1) is 0 Å². The molecule has 4 N–H and O–H groups in total. The van der Waals surface area contributed by atoms with Crippen molar-refractivity contribution in [1.29, 1.82) is 0 Å². The molecule has 10 heteroatoms. The van der Waals surface area contributed by atoms with Gasteiger partial charge in [0.2, 0.25) is 0 Å². The molecule has 10 nitrogen and oxygen atoms in total. The molecule has 0 unspecified atom stereocenters. The van der Waals surface area contributed by atoms with Gasteiger partial charge in [0.05, 0.1) is 15.4 Å². The summed E-state index contributed by atoms with van der Waals surface area (Å²) >= 11 is 0. The van der Waals surface area contributed by atoms with Gasteiger partial charge >= 0.3 is 0 Å². The number of nitrogens with one attached hydrogen (secondary N) is 2. The number of amides is 1. The van der Waals surface area contributed by atoms with Gasteiger partial charge in [0, 0.05) is 18.7 Å². The molecule has 0 aliphatic rings. The Kier molecular flexibility index (Phi) is 5.13. The van der Waals surface area contributed by atoms with Gasteiger partial charge in [-0.25, -0.2) is 5.84 Å². The van der Waals surface area contributed by atoms with Crippen molar-refractivity contribution < 1.29 is 14.6 Å². The van der Waals surface area contributed by atoms with Crippen molar-refractivity contribution >= 4 is 23.0 Å².